The molecule has 0 bridgehead atoms. The molecule has 128 valence electrons. The van der Waals surface area contributed by atoms with Gasteiger partial charge in [-0.05, 0) is 41.8 Å². The van der Waals surface area contributed by atoms with Crippen molar-refractivity contribution in [3.05, 3.63) is 47.5 Å². The van der Waals surface area contributed by atoms with Crippen LogP contribution in [-0.4, -0.2) is 21.3 Å². The van der Waals surface area contributed by atoms with Crippen molar-refractivity contribution in [1.82, 2.24) is 10.9 Å². The molecular weight excluding hydrogens is 306 g/mol. The van der Waals surface area contributed by atoms with Gasteiger partial charge in [0.1, 0.15) is 0 Å². The van der Waals surface area contributed by atoms with Crippen molar-refractivity contribution < 1.29 is 14.2 Å². The first-order chi connectivity index (χ1) is 11.7. The lowest BCUT2D eigenvalue weighted by molar-refractivity contribution is 0.323. The highest BCUT2D eigenvalue weighted by atomic mass is 16.5. The Kier molecular flexibility index (Phi) is 4.78. The third-order valence-electron chi connectivity index (χ3n) is 4.31. The molecule has 0 aliphatic carbocycles. The lowest BCUT2D eigenvalue weighted by Crippen LogP contribution is -2.26. The minimum Gasteiger partial charge on any atom is -0.493 e. The average Bonchev–Trinajstić information content (AvgIpc) is 3.10. The number of nitrogen functional groups attached to an aromatic ring is 1. The molecule has 6 nitrogen and oxygen atoms in total. The van der Waals surface area contributed by atoms with E-state index in [4.69, 9.17) is 19.9 Å². The van der Waals surface area contributed by atoms with Crippen LogP contribution < -0.4 is 30.8 Å². The zero-order valence-electron chi connectivity index (χ0n) is 14.1. The summed E-state index contributed by atoms with van der Waals surface area (Å²) in [5.41, 5.74) is 15.6. The van der Waals surface area contributed by atoms with Crippen molar-refractivity contribution in [1.29, 1.82) is 0 Å². The van der Waals surface area contributed by atoms with Crippen molar-refractivity contribution in [3.63, 3.8) is 0 Å². The van der Waals surface area contributed by atoms with Crippen LogP contribution in [0.3, 0.4) is 0 Å². The summed E-state index contributed by atoms with van der Waals surface area (Å²) in [6, 6.07) is 12.2. The Morgan fingerprint density at radius 2 is 1.50 bits per heavy atom. The highest BCUT2D eigenvalue weighted by Crippen LogP contribution is 2.41. The van der Waals surface area contributed by atoms with Gasteiger partial charge in [0.15, 0.2) is 11.5 Å². The van der Waals surface area contributed by atoms with E-state index in [0.717, 1.165) is 23.2 Å². The second-order valence-electron chi connectivity index (χ2n) is 5.76. The van der Waals surface area contributed by atoms with Crippen LogP contribution in [0.1, 0.15) is 29.6 Å². The fraction of sp³-hybridized carbons (Fsp3) is 0.333. The summed E-state index contributed by atoms with van der Waals surface area (Å²) in [6.07, 6.45) is 0.891. The van der Waals surface area contributed by atoms with E-state index < -0.39 is 0 Å². The molecule has 1 aliphatic heterocycles. The number of methoxy groups -OCH3 is 3. The van der Waals surface area contributed by atoms with Gasteiger partial charge in [0.05, 0.1) is 21.3 Å². The van der Waals surface area contributed by atoms with Gasteiger partial charge in [-0.25, -0.2) is 10.9 Å². The second kappa shape index (κ2) is 6.98. The Labute approximate surface area is 141 Å². The lowest BCUT2D eigenvalue weighted by Gasteiger charge is -2.17. The number of rotatable bonds is 5. The molecule has 2 aromatic carbocycles. The topological polar surface area (TPSA) is 77.8 Å². The lowest BCUT2D eigenvalue weighted by atomic mass is 9.97. The first-order valence-corrected chi connectivity index (χ1v) is 7.82. The highest BCUT2D eigenvalue weighted by molar-refractivity contribution is 5.54. The smallest absolute Gasteiger partial charge is 0.203 e. The molecule has 0 radical (unpaired) electrons. The number of hydrogen-bond donors (Lipinski definition) is 3. The van der Waals surface area contributed by atoms with Gasteiger partial charge in [0, 0.05) is 17.8 Å². The van der Waals surface area contributed by atoms with Crippen LogP contribution in [0.4, 0.5) is 5.69 Å². The van der Waals surface area contributed by atoms with Crippen LogP contribution in [0.15, 0.2) is 36.4 Å². The fourth-order valence-electron chi connectivity index (χ4n) is 3.07. The molecule has 24 heavy (non-hydrogen) atoms. The molecule has 6 heteroatoms. The maximum absolute atomic E-state index is 5.88. The number of nitrogens with one attached hydrogen (secondary N) is 2. The standard InChI is InChI=1S/C18H23N3O3/c1-22-16-8-12(9-17(23-2)18(16)24-3)15-10-14(20-21-15)11-5-4-6-13(19)7-11/h4-9,14-15,20-21H,10,19H2,1-3H3. The van der Waals surface area contributed by atoms with Crippen LogP contribution in [-0.2, 0) is 0 Å². The van der Waals surface area contributed by atoms with E-state index >= 15 is 0 Å². The van der Waals surface area contributed by atoms with Crippen molar-refractivity contribution in [3.8, 4) is 17.2 Å². The molecule has 4 N–H and O–H groups in total. The van der Waals surface area contributed by atoms with E-state index in [9.17, 15) is 0 Å². The molecule has 0 amide bonds. The van der Waals surface area contributed by atoms with E-state index in [1.54, 1.807) is 21.3 Å². The molecule has 2 atom stereocenters. The Morgan fingerprint density at radius 1 is 0.875 bits per heavy atom. The van der Waals surface area contributed by atoms with Crippen molar-refractivity contribution in [2.45, 2.75) is 18.5 Å². The highest BCUT2D eigenvalue weighted by Gasteiger charge is 2.28. The predicted molar refractivity (Wildman–Crippen MR) is 93.3 cm³/mol. The number of benzene rings is 2. The fourth-order valence-corrected chi connectivity index (χ4v) is 3.07. The number of hydrogen-bond acceptors (Lipinski definition) is 6. The summed E-state index contributed by atoms with van der Waals surface area (Å²) >= 11 is 0. The first kappa shape index (κ1) is 16.4. The summed E-state index contributed by atoms with van der Waals surface area (Å²) in [5, 5.41) is 0. The molecule has 2 aromatic rings. The molecule has 1 heterocycles. The van der Waals surface area contributed by atoms with Crippen molar-refractivity contribution >= 4 is 5.69 Å². The van der Waals surface area contributed by atoms with Crippen LogP contribution in [0.25, 0.3) is 0 Å². The molecule has 0 aromatic heterocycles. The molecule has 2 unspecified atom stereocenters. The van der Waals surface area contributed by atoms with E-state index in [1.807, 2.05) is 30.3 Å². The van der Waals surface area contributed by atoms with Gasteiger partial charge in [-0.15, -0.1) is 0 Å². The minimum atomic E-state index is 0.130. The first-order valence-electron chi connectivity index (χ1n) is 7.82. The molecular formula is C18H23N3O3. The Balaban J connectivity index is 1.85. The molecule has 1 fully saturated rings. The zero-order chi connectivity index (χ0) is 17.1. The molecule has 3 rings (SSSR count). The van der Waals surface area contributed by atoms with Crippen molar-refractivity contribution in [2.24, 2.45) is 0 Å². The molecule has 0 spiro atoms. The zero-order valence-corrected chi connectivity index (χ0v) is 14.1. The van der Waals surface area contributed by atoms with Crippen molar-refractivity contribution in [2.75, 3.05) is 27.1 Å². The Hall–Kier alpha value is -2.44. The number of ether oxygens (including phenoxy) is 3. The number of anilines is 1. The summed E-state index contributed by atoms with van der Waals surface area (Å²) < 4.78 is 16.3. The van der Waals surface area contributed by atoms with Gasteiger partial charge < -0.3 is 19.9 Å². The van der Waals surface area contributed by atoms with Crippen LogP contribution >= 0.6 is 0 Å². The Morgan fingerprint density at radius 3 is 2.04 bits per heavy atom. The number of nitrogens with two attached hydrogens (primary N) is 1. The summed E-state index contributed by atoms with van der Waals surface area (Å²) in [5.74, 6) is 1.91. The van der Waals surface area contributed by atoms with Gasteiger partial charge >= 0.3 is 0 Å². The van der Waals surface area contributed by atoms with Crippen LogP contribution in [0.2, 0.25) is 0 Å². The normalized spacial score (nSPS) is 20.0. The minimum absolute atomic E-state index is 0.130. The third kappa shape index (κ3) is 3.11. The van der Waals surface area contributed by atoms with Crippen LogP contribution in [0, 0.1) is 0 Å². The summed E-state index contributed by atoms with van der Waals surface area (Å²) in [4.78, 5) is 0. The van der Waals surface area contributed by atoms with Gasteiger partial charge in [0.2, 0.25) is 5.75 Å². The van der Waals surface area contributed by atoms with E-state index in [1.165, 1.54) is 0 Å². The van der Waals surface area contributed by atoms with E-state index in [2.05, 4.69) is 16.9 Å². The third-order valence-corrected chi connectivity index (χ3v) is 4.31. The number of hydrazine groups is 1. The quantitative estimate of drug-likeness (QED) is 0.732. The maximum atomic E-state index is 5.88. The molecule has 1 aliphatic rings. The van der Waals surface area contributed by atoms with Crippen LogP contribution in [0.5, 0.6) is 17.2 Å². The molecule has 1 saturated heterocycles. The summed E-state index contributed by atoms with van der Waals surface area (Å²) in [7, 11) is 4.85. The predicted octanol–water partition coefficient (Wildman–Crippen LogP) is 2.57. The monoisotopic (exact) mass is 329 g/mol. The largest absolute Gasteiger partial charge is 0.493 e. The maximum Gasteiger partial charge on any atom is 0.203 e. The van der Waals surface area contributed by atoms with Gasteiger partial charge in [-0.3, -0.25) is 0 Å². The second-order valence-corrected chi connectivity index (χ2v) is 5.76. The average molecular weight is 329 g/mol. The SMILES string of the molecule is COc1cc(C2CC(c3cccc(N)c3)NN2)cc(OC)c1OC. The summed E-state index contributed by atoms with van der Waals surface area (Å²) in [6.45, 7) is 0. The Bertz CT molecular complexity index is 695. The van der Waals surface area contributed by atoms with Gasteiger partial charge in [-0.2, -0.15) is 0 Å². The van der Waals surface area contributed by atoms with Gasteiger partial charge in [0.25, 0.3) is 0 Å². The van der Waals surface area contributed by atoms with Gasteiger partial charge in [-0.1, -0.05) is 12.1 Å². The van der Waals surface area contributed by atoms with E-state index in [-0.39, 0.29) is 12.1 Å². The molecule has 0 saturated carbocycles. The van der Waals surface area contributed by atoms with E-state index in [0.29, 0.717) is 17.2 Å².